The molecule has 4 nitrogen and oxygen atoms in total. The molecule has 0 atom stereocenters. The third-order valence-electron chi connectivity index (χ3n) is 6.14. The van der Waals surface area contributed by atoms with Gasteiger partial charge in [0.05, 0.1) is 0 Å². The first kappa shape index (κ1) is 15.7. The molecule has 3 saturated heterocycles. The molecule has 0 aliphatic carbocycles. The van der Waals surface area contributed by atoms with E-state index >= 15 is 0 Å². The maximum absolute atomic E-state index is 5.57. The fourth-order valence-corrected chi connectivity index (χ4v) is 4.51. The summed E-state index contributed by atoms with van der Waals surface area (Å²) in [5.74, 6) is 0. The second-order valence-corrected chi connectivity index (χ2v) is 7.88. The van der Waals surface area contributed by atoms with Gasteiger partial charge in [0.1, 0.15) is 0 Å². The van der Waals surface area contributed by atoms with Gasteiger partial charge < -0.3 is 15.0 Å². The molecule has 0 aromatic heterocycles. The van der Waals surface area contributed by atoms with Crippen molar-refractivity contribution >= 4 is 0 Å². The van der Waals surface area contributed by atoms with Crippen LogP contribution in [0.25, 0.3) is 0 Å². The number of nitrogens with one attached hydrogen (secondary N) is 1. The lowest BCUT2D eigenvalue weighted by molar-refractivity contribution is -0.00511. The van der Waals surface area contributed by atoms with Crippen LogP contribution in [-0.4, -0.2) is 74.9 Å². The lowest BCUT2D eigenvalue weighted by Gasteiger charge is -2.47. The van der Waals surface area contributed by atoms with Crippen LogP contribution >= 0.6 is 0 Å². The number of likely N-dealkylation sites (N-methyl/N-ethyl adjacent to an activating group) is 1. The van der Waals surface area contributed by atoms with E-state index < -0.39 is 0 Å². The molecule has 0 bridgehead atoms. The highest BCUT2D eigenvalue weighted by molar-refractivity contribution is 4.98. The van der Waals surface area contributed by atoms with E-state index in [-0.39, 0.29) is 0 Å². The van der Waals surface area contributed by atoms with Crippen molar-refractivity contribution in [3.8, 4) is 0 Å². The van der Waals surface area contributed by atoms with Crippen LogP contribution in [0.1, 0.15) is 39.0 Å². The first-order valence-corrected chi connectivity index (χ1v) is 8.84. The molecule has 21 heavy (non-hydrogen) atoms. The molecule has 3 aliphatic rings. The van der Waals surface area contributed by atoms with E-state index in [0.717, 1.165) is 13.2 Å². The molecule has 3 fully saturated rings. The standard InChI is InChI=1S/C17H33N3O/c1-16(6-12-21-13-7-16)14-20-11-3-10-19(2)17(15-20)4-8-18-9-5-17/h18H,3-15H2,1-2H3. The molecule has 3 aliphatic heterocycles. The van der Waals surface area contributed by atoms with Crippen LogP contribution in [0.4, 0.5) is 0 Å². The quantitative estimate of drug-likeness (QED) is 0.837. The van der Waals surface area contributed by atoms with Gasteiger partial charge in [-0.25, -0.2) is 0 Å². The predicted octanol–water partition coefficient (Wildman–Crippen LogP) is 1.56. The predicted molar refractivity (Wildman–Crippen MR) is 86.7 cm³/mol. The summed E-state index contributed by atoms with van der Waals surface area (Å²) in [6, 6.07) is 0. The van der Waals surface area contributed by atoms with Crippen molar-refractivity contribution in [1.82, 2.24) is 15.1 Å². The Balaban J connectivity index is 1.67. The molecular weight excluding hydrogens is 262 g/mol. The number of rotatable bonds is 2. The van der Waals surface area contributed by atoms with Crippen molar-refractivity contribution < 1.29 is 4.74 Å². The first-order chi connectivity index (χ1) is 10.1. The van der Waals surface area contributed by atoms with Crippen molar-refractivity contribution in [2.24, 2.45) is 5.41 Å². The number of hydrogen-bond donors (Lipinski definition) is 1. The fourth-order valence-electron chi connectivity index (χ4n) is 4.51. The molecule has 0 aromatic carbocycles. The van der Waals surface area contributed by atoms with Gasteiger partial charge >= 0.3 is 0 Å². The minimum absolute atomic E-state index is 0.420. The van der Waals surface area contributed by atoms with Crippen LogP contribution in [0.15, 0.2) is 0 Å². The Kier molecular flexibility index (Phi) is 4.89. The van der Waals surface area contributed by atoms with Gasteiger partial charge in [-0.1, -0.05) is 6.92 Å². The van der Waals surface area contributed by atoms with Crippen LogP contribution in [0.2, 0.25) is 0 Å². The molecule has 3 heterocycles. The highest BCUT2D eigenvalue weighted by atomic mass is 16.5. The summed E-state index contributed by atoms with van der Waals surface area (Å²) >= 11 is 0. The minimum Gasteiger partial charge on any atom is -0.381 e. The van der Waals surface area contributed by atoms with E-state index in [9.17, 15) is 0 Å². The van der Waals surface area contributed by atoms with Crippen LogP contribution < -0.4 is 5.32 Å². The molecule has 0 radical (unpaired) electrons. The lowest BCUT2D eigenvalue weighted by Crippen LogP contribution is -2.58. The summed E-state index contributed by atoms with van der Waals surface area (Å²) in [6.45, 7) is 11.8. The maximum atomic E-state index is 5.57. The van der Waals surface area contributed by atoms with E-state index in [1.165, 1.54) is 71.4 Å². The Morgan fingerprint density at radius 3 is 2.48 bits per heavy atom. The van der Waals surface area contributed by atoms with Gasteiger partial charge in [-0.3, -0.25) is 4.90 Å². The number of ether oxygens (including phenoxy) is 1. The average Bonchev–Trinajstić information content (AvgIpc) is 2.61. The van der Waals surface area contributed by atoms with Crippen molar-refractivity contribution in [2.45, 2.75) is 44.6 Å². The fraction of sp³-hybridized carbons (Fsp3) is 1.00. The van der Waals surface area contributed by atoms with E-state index in [1.807, 2.05) is 0 Å². The third kappa shape index (κ3) is 3.61. The van der Waals surface area contributed by atoms with Gasteiger partial charge in [0.2, 0.25) is 0 Å². The minimum atomic E-state index is 0.420. The zero-order chi connectivity index (χ0) is 14.8. The molecule has 1 N–H and O–H groups in total. The molecule has 122 valence electrons. The van der Waals surface area contributed by atoms with Crippen LogP contribution in [0, 0.1) is 5.41 Å². The van der Waals surface area contributed by atoms with Crippen molar-refractivity contribution in [3.05, 3.63) is 0 Å². The first-order valence-electron chi connectivity index (χ1n) is 8.84. The zero-order valence-corrected chi connectivity index (χ0v) is 14.0. The topological polar surface area (TPSA) is 27.7 Å². The summed E-state index contributed by atoms with van der Waals surface area (Å²) in [4.78, 5) is 5.44. The molecule has 4 heteroatoms. The Morgan fingerprint density at radius 1 is 1.05 bits per heavy atom. The number of hydrogen-bond acceptors (Lipinski definition) is 4. The number of nitrogens with zero attached hydrogens (tertiary/aromatic N) is 2. The van der Waals surface area contributed by atoms with Crippen molar-refractivity contribution in [3.63, 3.8) is 0 Å². The highest BCUT2D eigenvalue weighted by Crippen LogP contribution is 2.34. The molecule has 1 spiro atoms. The van der Waals surface area contributed by atoms with E-state index in [1.54, 1.807) is 0 Å². The van der Waals surface area contributed by atoms with Crippen molar-refractivity contribution in [1.29, 1.82) is 0 Å². The second-order valence-electron chi connectivity index (χ2n) is 7.88. The summed E-state index contributed by atoms with van der Waals surface area (Å²) in [7, 11) is 2.35. The molecule has 0 saturated carbocycles. The van der Waals surface area contributed by atoms with Gasteiger partial charge in [-0.2, -0.15) is 0 Å². The van der Waals surface area contributed by atoms with E-state index in [4.69, 9.17) is 4.74 Å². The largest absolute Gasteiger partial charge is 0.381 e. The molecule has 0 aromatic rings. The van der Waals surface area contributed by atoms with Crippen LogP contribution in [0.3, 0.4) is 0 Å². The van der Waals surface area contributed by atoms with E-state index in [2.05, 4.69) is 29.1 Å². The SMILES string of the molecule is CN1CCCN(CC2(C)CCOCC2)CC12CCNCC2. The van der Waals surface area contributed by atoms with Crippen LogP contribution in [-0.2, 0) is 4.74 Å². The normalized spacial score (nSPS) is 31.1. The Morgan fingerprint density at radius 2 is 1.76 bits per heavy atom. The van der Waals surface area contributed by atoms with Gasteiger partial charge in [0.15, 0.2) is 0 Å². The summed E-state index contributed by atoms with van der Waals surface area (Å²) < 4.78 is 5.57. The van der Waals surface area contributed by atoms with Gasteiger partial charge in [0.25, 0.3) is 0 Å². The number of piperidine rings is 1. The Hall–Kier alpha value is -0.160. The molecule has 0 amide bonds. The summed E-state index contributed by atoms with van der Waals surface area (Å²) in [5, 5.41) is 3.54. The monoisotopic (exact) mass is 295 g/mol. The highest BCUT2D eigenvalue weighted by Gasteiger charge is 2.40. The lowest BCUT2D eigenvalue weighted by atomic mass is 9.81. The Bertz CT molecular complexity index is 335. The molecule has 0 unspecified atom stereocenters. The zero-order valence-electron chi connectivity index (χ0n) is 14.0. The summed E-state index contributed by atoms with van der Waals surface area (Å²) in [5.41, 5.74) is 0.887. The van der Waals surface area contributed by atoms with Gasteiger partial charge in [-0.05, 0) is 70.7 Å². The van der Waals surface area contributed by atoms with Crippen molar-refractivity contribution in [2.75, 3.05) is 59.5 Å². The Labute approximate surface area is 130 Å². The summed E-state index contributed by atoms with van der Waals surface area (Å²) in [6.07, 6.45) is 6.39. The maximum Gasteiger partial charge on any atom is 0.0471 e. The third-order valence-corrected chi connectivity index (χ3v) is 6.14. The smallest absolute Gasteiger partial charge is 0.0471 e. The van der Waals surface area contributed by atoms with Gasteiger partial charge in [0, 0.05) is 31.8 Å². The average molecular weight is 295 g/mol. The molecule has 3 rings (SSSR count). The van der Waals surface area contributed by atoms with Crippen LogP contribution in [0.5, 0.6) is 0 Å². The van der Waals surface area contributed by atoms with Gasteiger partial charge in [-0.15, -0.1) is 0 Å². The molecular formula is C17H33N3O. The second kappa shape index (κ2) is 6.53. The van der Waals surface area contributed by atoms with E-state index in [0.29, 0.717) is 11.0 Å².